The maximum Gasteiger partial charge on any atom is 0.242 e. The molecule has 1 heterocycles. The zero-order valence-electron chi connectivity index (χ0n) is 23.8. The molecule has 0 fully saturated rings. The van der Waals surface area contributed by atoms with Crippen molar-refractivity contribution >= 4 is 44.6 Å². The maximum absolute atomic E-state index is 4.35. The second-order valence-electron chi connectivity index (χ2n) is 11.3. The van der Waals surface area contributed by atoms with Crippen molar-refractivity contribution in [2.75, 3.05) is 0 Å². The molecule has 0 amide bonds. The maximum atomic E-state index is 4.35. The Bertz CT molecular complexity index is 1760. The largest absolute Gasteiger partial charge is 0.264 e. The van der Waals surface area contributed by atoms with E-state index in [0.29, 0.717) is 0 Å². The molecule has 0 radical (unpaired) electrons. The van der Waals surface area contributed by atoms with Crippen LogP contribution in [0.4, 0.5) is 0 Å². The first kappa shape index (κ1) is 25.1. The van der Waals surface area contributed by atoms with Gasteiger partial charge in [-0.1, -0.05) is 123 Å². The normalized spacial score (nSPS) is 11.3. The summed E-state index contributed by atoms with van der Waals surface area (Å²) in [6, 6.07) is 31.9. The van der Waals surface area contributed by atoms with Crippen molar-refractivity contribution in [2.45, 2.75) is 41.5 Å². The molecule has 190 valence electrons. The molecule has 0 spiro atoms. The molecule has 6 rings (SSSR count). The van der Waals surface area contributed by atoms with E-state index < -0.39 is 0 Å². The van der Waals surface area contributed by atoms with Crippen LogP contribution in [0.15, 0.2) is 97.3 Å². The van der Waals surface area contributed by atoms with E-state index in [1.807, 2.05) is 12.4 Å². The molecule has 39 heavy (non-hydrogen) atoms. The van der Waals surface area contributed by atoms with E-state index >= 15 is 0 Å². The summed E-state index contributed by atoms with van der Waals surface area (Å²) in [6.07, 6.45) is 3.83. The zero-order chi connectivity index (χ0) is 27.3. The summed E-state index contributed by atoms with van der Waals surface area (Å²) >= 11 is 0. The topological polar surface area (TPSA) is 12.9 Å². The van der Waals surface area contributed by atoms with E-state index in [4.69, 9.17) is 0 Å². The van der Waals surface area contributed by atoms with Crippen LogP contribution in [-0.4, -0.2) is 11.7 Å². The second-order valence-corrected chi connectivity index (χ2v) is 11.3. The summed E-state index contributed by atoms with van der Waals surface area (Å²) in [5, 5.41) is 4.92. The van der Waals surface area contributed by atoms with E-state index in [9.17, 15) is 0 Å². The van der Waals surface area contributed by atoms with Crippen LogP contribution in [0.1, 0.15) is 33.4 Å². The van der Waals surface area contributed by atoms with Crippen molar-refractivity contribution in [1.82, 2.24) is 4.98 Å². The number of hydrogen-bond acceptors (Lipinski definition) is 1. The van der Waals surface area contributed by atoms with Gasteiger partial charge in [-0.3, -0.25) is 4.98 Å². The summed E-state index contributed by atoms with van der Waals surface area (Å²) < 4.78 is 0. The average molecular weight is 503 g/mol. The van der Waals surface area contributed by atoms with Gasteiger partial charge in [-0.15, -0.1) is 0 Å². The molecule has 5 aromatic carbocycles. The predicted molar refractivity (Wildman–Crippen MR) is 171 cm³/mol. The van der Waals surface area contributed by atoms with Crippen molar-refractivity contribution in [1.29, 1.82) is 0 Å². The smallest absolute Gasteiger partial charge is 0.242 e. The highest BCUT2D eigenvalue weighted by Crippen LogP contribution is 2.29. The number of nitrogens with zero attached hydrogens (tertiary/aromatic N) is 1. The van der Waals surface area contributed by atoms with E-state index in [2.05, 4.69) is 131 Å². The Kier molecular flexibility index (Phi) is 6.35. The van der Waals surface area contributed by atoms with Gasteiger partial charge in [0.25, 0.3) is 0 Å². The summed E-state index contributed by atoms with van der Waals surface area (Å²) in [6.45, 7) is 13.6. The van der Waals surface area contributed by atoms with Gasteiger partial charge in [0.2, 0.25) is 6.71 Å². The number of pyridine rings is 1. The monoisotopic (exact) mass is 503 g/mol. The zero-order valence-corrected chi connectivity index (χ0v) is 23.8. The predicted octanol–water partition coefficient (Wildman–Crippen LogP) is 7.42. The van der Waals surface area contributed by atoms with Crippen LogP contribution >= 0.6 is 0 Å². The van der Waals surface area contributed by atoms with E-state index in [-0.39, 0.29) is 6.71 Å². The third-order valence-electron chi connectivity index (χ3n) is 8.27. The van der Waals surface area contributed by atoms with Gasteiger partial charge in [-0.05, 0) is 81.0 Å². The lowest BCUT2D eigenvalue weighted by molar-refractivity contribution is 1.34. The molecule has 0 unspecified atom stereocenters. The second kappa shape index (κ2) is 9.86. The van der Waals surface area contributed by atoms with Gasteiger partial charge in [-0.25, -0.2) is 0 Å². The number of aryl methyl sites for hydroxylation is 6. The van der Waals surface area contributed by atoms with Crippen LogP contribution in [-0.2, 0) is 0 Å². The molecule has 1 nitrogen and oxygen atoms in total. The van der Waals surface area contributed by atoms with Crippen LogP contribution in [0, 0.1) is 41.5 Å². The number of rotatable bonds is 4. The molecule has 1 aromatic heterocycles. The molecule has 6 aromatic rings. The molecule has 0 bridgehead atoms. The molecule has 0 aliphatic carbocycles. The highest BCUT2D eigenvalue weighted by Gasteiger charge is 2.28. The van der Waals surface area contributed by atoms with Crippen LogP contribution in [0.2, 0.25) is 0 Å². The van der Waals surface area contributed by atoms with Crippen LogP contribution in [0.5, 0.6) is 0 Å². The fourth-order valence-corrected chi connectivity index (χ4v) is 6.72. The molecule has 2 heteroatoms. The number of hydrogen-bond donors (Lipinski definition) is 0. The Morgan fingerprint density at radius 3 is 1.62 bits per heavy atom. The van der Waals surface area contributed by atoms with E-state index in [1.165, 1.54) is 82.4 Å². The lowest BCUT2D eigenvalue weighted by Gasteiger charge is -2.24. The molecule has 0 aliphatic rings. The van der Waals surface area contributed by atoms with Gasteiger partial charge in [-0.2, -0.15) is 0 Å². The summed E-state index contributed by atoms with van der Waals surface area (Å²) in [5.74, 6) is 0. The van der Waals surface area contributed by atoms with Crippen molar-refractivity contribution in [3.05, 3.63) is 131 Å². The molecule has 0 atom stereocenters. The van der Waals surface area contributed by atoms with Gasteiger partial charge in [0.1, 0.15) is 0 Å². The Hall–Kier alpha value is -4.17. The van der Waals surface area contributed by atoms with Gasteiger partial charge in [0.15, 0.2) is 0 Å². The minimum atomic E-state index is 0.190. The summed E-state index contributed by atoms with van der Waals surface area (Å²) in [5.41, 5.74) is 14.7. The highest BCUT2D eigenvalue weighted by molar-refractivity contribution is 6.96. The van der Waals surface area contributed by atoms with E-state index in [1.54, 1.807) is 0 Å². The first-order chi connectivity index (χ1) is 18.8. The number of aromatic nitrogens is 1. The summed E-state index contributed by atoms with van der Waals surface area (Å²) in [4.78, 5) is 4.35. The van der Waals surface area contributed by atoms with Crippen LogP contribution in [0.25, 0.3) is 32.7 Å². The van der Waals surface area contributed by atoms with Gasteiger partial charge in [0, 0.05) is 17.8 Å². The molecular weight excluding hydrogens is 469 g/mol. The Morgan fingerprint density at radius 2 is 1.03 bits per heavy atom. The van der Waals surface area contributed by atoms with Gasteiger partial charge >= 0.3 is 0 Å². The fourth-order valence-electron chi connectivity index (χ4n) is 6.72. The molecule has 0 aliphatic heterocycles. The first-order valence-corrected chi connectivity index (χ1v) is 13.8. The lowest BCUT2D eigenvalue weighted by atomic mass is 9.34. The number of benzene rings is 5. The first-order valence-electron chi connectivity index (χ1n) is 13.8. The standard InChI is InChI=1S/C37H34BN/c1-23-17-25(3)36(26(4)18-23)38(37-27(5)19-24(2)20-28(37)6)33-12-9-29(10-13-33)31-11-14-34-32(21-31)8-7-30-15-16-39-22-35(30)34/h7-22H,1-6H3. The minimum absolute atomic E-state index is 0.190. The van der Waals surface area contributed by atoms with Gasteiger partial charge in [0.05, 0.1) is 0 Å². The fraction of sp³-hybridized carbons (Fsp3) is 0.162. The number of fused-ring (bicyclic) bond motifs is 3. The van der Waals surface area contributed by atoms with Crippen molar-refractivity contribution < 1.29 is 0 Å². The lowest BCUT2D eigenvalue weighted by Crippen LogP contribution is -2.55. The Balaban J connectivity index is 1.47. The quantitative estimate of drug-likeness (QED) is 0.180. The van der Waals surface area contributed by atoms with Crippen LogP contribution < -0.4 is 16.4 Å². The molecule has 0 saturated carbocycles. The van der Waals surface area contributed by atoms with E-state index in [0.717, 1.165) is 0 Å². The molecule has 0 saturated heterocycles. The highest BCUT2D eigenvalue weighted by atomic mass is 14.6. The third kappa shape index (κ3) is 4.55. The third-order valence-corrected chi connectivity index (χ3v) is 8.27. The Labute approximate surface area is 232 Å². The van der Waals surface area contributed by atoms with Crippen molar-refractivity contribution in [3.8, 4) is 11.1 Å². The molecule has 0 N–H and O–H groups in total. The Morgan fingerprint density at radius 1 is 0.487 bits per heavy atom. The SMILES string of the molecule is Cc1cc(C)c(B(c2ccc(-c3ccc4c(ccc5ccncc54)c3)cc2)c2c(C)cc(C)cc2C)c(C)c1. The average Bonchev–Trinajstić information content (AvgIpc) is 2.91. The molecular formula is C37H34BN. The van der Waals surface area contributed by atoms with Gasteiger partial charge < -0.3 is 0 Å². The summed E-state index contributed by atoms with van der Waals surface area (Å²) in [7, 11) is 0. The minimum Gasteiger partial charge on any atom is -0.264 e. The van der Waals surface area contributed by atoms with Crippen LogP contribution in [0.3, 0.4) is 0 Å². The van der Waals surface area contributed by atoms with Crippen molar-refractivity contribution in [2.24, 2.45) is 0 Å². The van der Waals surface area contributed by atoms with Crippen molar-refractivity contribution in [3.63, 3.8) is 0 Å².